The van der Waals surface area contributed by atoms with Gasteiger partial charge in [0.2, 0.25) is 5.95 Å². The Morgan fingerprint density at radius 3 is 2.61 bits per heavy atom. The van der Waals surface area contributed by atoms with Gasteiger partial charge in [0.15, 0.2) is 28.9 Å². The first-order chi connectivity index (χ1) is 21.0. The molecule has 0 amide bonds. The molecule has 0 radical (unpaired) electrons. The minimum Gasteiger partial charge on any atom is -0.382 e. The molecule has 236 valence electrons. The van der Waals surface area contributed by atoms with Gasteiger partial charge in [0.25, 0.3) is 5.56 Å². The number of anilines is 2. The molecule has 2 bridgehead atoms. The third kappa shape index (κ3) is 5.56. The molecule has 4 aromatic heterocycles. The molecule has 4 aromatic rings. The zero-order valence-corrected chi connectivity index (χ0v) is 26.2. The largest absolute Gasteiger partial charge is 0.389 e. The highest BCUT2D eigenvalue weighted by atomic mass is 32.7. The molecule has 7 rings (SSSR count). The van der Waals surface area contributed by atoms with Gasteiger partial charge in [-0.1, -0.05) is 0 Å². The van der Waals surface area contributed by atoms with Crippen LogP contribution in [-0.2, 0) is 43.9 Å². The molecule has 0 spiro atoms. The standard InChI is InChI=1S/C21H26N10O9P2S2/c1-44-42(34)36-4-9-2-11(20(37-9)31-8-27-15-18(31)28-21(23)29-19(15)32)39-41(33,43)35-5-12-10(40-42)3-13(38-12)30-7-26-14-16(22)24-6-25-17(14)30/h6-13,20H,2-5H2,1H3,(H,33,43)(H2,22,24,25)(H3,23,28,29,32)/t9-,10-,11+,12+,13+,20+,41?,42+/m0/s1. The van der Waals surface area contributed by atoms with Crippen LogP contribution in [0.1, 0.15) is 25.3 Å². The summed E-state index contributed by atoms with van der Waals surface area (Å²) in [6, 6.07) is 0. The van der Waals surface area contributed by atoms with Crippen molar-refractivity contribution in [2.45, 2.75) is 49.7 Å². The molecule has 0 saturated carbocycles. The molecule has 8 atom stereocenters. The van der Waals surface area contributed by atoms with E-state index in [-0.39, 0.29) is 49.0 Å². The minimum absolute atomic E-state index is 0.0226. The van der Waals surface area contributed by atoms with E-state index in [9.17, 15) is 14.3 Å². The zero-order chi connectivity index (χ0) is 30.8. The number of H-pyrrole nitrogens is 1. The lowest BCUT2D eigenvalue weighted by Crippen LogP contribution is -2.29. The molecule has 23 heteroatoms. The summed E-state index contributed by atoms with van der Waals surface area (Å²) in [6.07, 6.45) is 1.25. The van der Waals surface area contributed by atoms with Gasteiger partial charge in [-0.3, -0.25) is 28.0 Å². The van der Waals surface area contributed by atoms with Gasteiger partial charge in [-0.25, -0.2) is 24.5 Å². The van der Waals surface area contributed by atoms with Crippen LogP contribution in [0.15, 0.2) is 23.8 Å². The van der Waals surface area contributed by atoms with Gasteiger partial charge in [-0.15, -0.1) is 0 Å². The number of aromatic nitrogens is 8. The SMILES string of the molecule is CS[P@]1(=O)OC[C@@H]2C[C@@H](OP(O)(=S)OC[C@H]3O[C@@H](n4cnc5c(N)ncnc54)C[C@@H]3O1)[C@H](n1cnc3c(=O)[nH]c(N)nc31)O2. The molecule has 7 heterocycles. The van der Waals surface area contributed by atoms with Crippen molar-refractivity contribution in [1.29, 1.82) is 0 Å². The Labute approximate surface area is 256 Å². The summed E-state index contributed by atoms with van der Waals surface area (Å²) in [6.45, 7) is -8.12. The Bertz CT molecular complexity index is 1890. The summed E-state index contributed by atoms with van der Waals surface area (Å²) in [7, 11) is 0. The highest BCUT2D eigenvalue weighted by Gasteiger charge is 2.47. The van der Waals surface area contributed by atoms with Crippen molar-refractivity contribution in [3.8, 4) is 0 Å². The second kappa shape index (κ2) is 11.4. The van der Waals surface area contributed by atoms with E-state index in [2.05, 4.69) is 29.9 Å². The Morgan fingerprint density at radius 2 is 1.80 bits per heavy atom. The van der Waals surface area contributed by atoms with Gasteiger partial charge in [0, 0.05) is 12.8 Å². The topological polar surface area (TPSA) is 252 Å². The number of nitrogen functional groups attached to an aromatic ring is 2. The molecule has 44 heavy (non-hydrogen) atoms. The second-order valence-electron chi connectivity index (χ2n) is 10.1. The smallest absolute Gasteiger partial charge is 0.382 e. The van der Waals surface area contributed by atoms with Gasteiger partial charge >= 0.3 is 13.5 Å². The van der Waals surface area contributed by atoms with Crippen molar-refractivity contribution < 1.29 is 37.0 Å². The maximum absolute atomic E-state index is 13.8. The molecule has 3 aliphatic rings. The Morgan fingerprint density at radius 1 is 1.00 bits per heavy atom. The molecule has 1 unspecified atom stereocenters. The van der Waals surface area contributed by atoms with Crippen molar-refractivity contribution in [3.63, 3.8) is 0 Å². The zero-order valence-electron chi connectivity index (χ0n) is 22.7. The van der Waals surface area contributed by atoms with Crippen LogP contribution in [0.3, 0.4) is 0 Å². The monoisotopic (exact) mass is 688 g/mol. The summed E-state index contributed by atoms with van der Waals surface area (Å²) in [5, 5.41) is 0. The normalized spacial score (nSPS) is 34.9. The van der Waals surface area contributed by atoms with E-state index < -0.39 is 55.9 Å². The summed E-state index contributed by atoms with van der Waals surface area (Å²) in [5.74, 6) is 0.0802. The predicted molar refractivity (Wildman–Crippen MR) is 159 cm³/mol. The van der Waals surface area contributed by atoms with Crippen LogP contribution in [0.2, 0.25) is 0 Å². The summed E-state index contributed by atoms with van der Waals surface area (Å²) in [4.78, 5) is 46.7. The van der Waals surface area contributed by atoms with E-state index in [0.717, 1.165) is 11.4 Å². The molecule has 6 N–H and O–H groups in total. The van der Waals surface area contributed by atoms with Crippen molar-refractivity contribution in [1.82, 2.24) is 39.0 Å². The first-order valence-corrected chi connectivity index (χ1v) is 19.1. The van der Waals surface area contributed by atoms with Crippen molar-refractivity contribution in [3.05, 3.63) is 29.3 Å². The Hall–Kier alpha value is -2.55. The highest BCUT2D eigenvalue weighted by molar-refractivity contribution is 8.54. The second-order valence-corrected chi connectivity index (χ2v) is 17.0. The number of nitrogens with two attached hydrogens (primary N) is 2. The molecule has 3 aliphatic heterocycles. The van der Waals surface area contributed by atoms with Crippen LogP contribution in [0.5, 0.6) is 0 Å². The number of nitrogens with zero attached hydrogens (tertiary/aromatic N) is 7. The number of nitrogens with one attached hydrogen (secondary N) is 1. The first kappa shape index (κ1) is 30.1. The fourth-order valence-corrected chi connectivity index (χ4v) is 9.03. The van der Waals surface area contributed by atoms with E-state index in [1.165, 1.54) is 23.5 Å². The maximum atomic E-state index is 13.8. The molecule has 0 aliphatic carbocycles. The number of hydrogen-bond acceptors (Lipinski definition) is 17. The third-order valence-corrected chi connectivity index (χ3v) is 12.3. The lowest BCUT2D eigenvalue weighted by Gasteiger charge is -2.27. The summed E-state index contributed by atoms with van der Waals surface area (Å²) in [5.41, 5.74) is 12.1. The number of hydrogen-bond donors (Lipinski definition) is 4. The van der Waals surface area contributed by atoms with E-state index in [1.54, 1.807) is 10.8 Å². The van der Waals surface area contributed by atoms with Crippen LogP contribution < -0.4 is 17.0 Å². The fourth-order valence-electron chi connectivity index (χ4n) is 5.34. The molecule has 0 aromatic carbocycles. The molecule has 3 fully saturated rings. The van der Waals surface area contributed by atoms with Crippen molar-refractivity contribution in [2.75, 3.05) is 30.9 Å². The van der Waals surface area contributed by atoms with Gasteiger partial charge in [0.1, 0.15) is 36.4 Å². The van der Waals surface area contributed by atoms with E-state index in [0.29, 0.717) is 11.2 Å². The van der Waals surface area contributed by atoms with E-state index in [1.807, 2.05) is 0 Å². The Kier molecular flexibility index (Phi) is 7.78. The van der Waals surface area contributed by atoms with Gasteiger partial charge < -0.3 is 34.9 Å². The molecule has 19 nitrogen and oxygen atoms in total. The summed E-state index contributed by atoms with van der Waals surface area (Å²) >= 11 is 6.29. The lowest BCUT2D eigenvalue weighted by atomic mass is 10.2. The van der Waals surface area contributed by atoms with Gasteiger partial charge in [0.05, 0.1) is 32.0 Å². The predicted octanol–water partition coefficient (Wildman–Crippen LogP) is 1.20. The van der Waals surface area contributed by atoms with Crippen LogP contribution in [0.4, 0.5) is 11.8 Å². The fraction of sp³-hybridized carbons (Fsp3) is 0.524. The number of aromatic amines is 1. The average molecular weight is 689 g/mol. The number of rotatable bonds is 3. The van der Waals surface area contributed by atoms with Crippen molar-refractivity contribution in [2.24, 2.45) is 0 Å². The minimum atomic E-state index is -3.93. The van der Waals surface area contributed by atoms with Gasteiger partial charge in [-0.05, 0) is 29.4 Å². The highest BCUT2D eigenvalue weighted by Crippen LogP contribution is 2.62. The molecule has 3 saturated heterocycles. The van der Waals surface area contributed by atoms with Crippen molar-refractivity contribution >= 4 is 70.8 Å². The van der Waals surface area contributed by atoms with Gasteiger partial charge in [-0.2, -0.15) is 4.98 Å². The van der Waals surface area contributed by atoms with Crippen LogP contribution in [-0.4, -0.2) is 87.8 Å². The average Bonchev–Trinajstić information content (AvgIpc) is 3.76. The quantitative estimate of drug-likeness (QED) is 0.221. The summed E-state index contributed by atoms with van der Waals surface area (Å²) < 4.78 is 53.0. The van der Waals surface area contributed by atoms with Crippen LogP contribution >= 0.6 is 24.9 Å². The lowest BCUT2D eigenvalue weighted by molar-refractivity contribution is -0.0579. The molecular weight excluding hydrogens is 662 g/mol. The third-order valence-electron chi connectivity index (χ3n) is 7.32. The number of imidazole rings is 2. The molecular formula is C21H26N10O9P2S2. The first-order valence-electron chi connectivity index (χ1n) is 13.1. The van der Waals surface area contributed by atoms with Crippen LogP contribution in [0.25, 0.3) is 22.3 Å². The van der Waals surface area contributed by atoms with E-state index >= 15 is 0 Å². The maximum Gasteiger partial charge on any atom is 0.389 e. The van der Waals surface area contributed by atoms with E-state index in [4.69, 9.17) is 50.8 Å². The number of fused-ring (bicyclic) bond motifs is 5. The van der Waals surface area contributed by atoms with Crippen LogP contribution in [0, 0.1) is 0 Å². The Balaban J connectivity index is 1.18. The number of ether oxygens (including phenoxy) is 2.